The lowest BCUT2D eigenvalue weighted by molar-refractivity contribution is 0.415. The van der Waals surface area contributed by atoms with Crippen molar-refractivity contribution < 1.29 is 4.74 Å². The Morgan fingerprint density at radius 1 is 1.07 bits per heavy atom. The zero-order chi connectivity index (χ0) is 20.5. The minimum absolute atomic E-state index is 0.304. The lowest BCUT2D eigenvalue weighted by Crippen LogP contribution is -2.28. The van der Waals surface area contributed by atoms with E-state index in [4.69, 9.17) is 16.3 Å². The molecule has 5 rings (SSSR count). The van der Waals surface area contributed by atoms with Gasteiger partial charge in [0.2, 0.25) is 0 Å². The van der Waals surface area contributed by atoms with E-state index in [2.05, 4.69) is 71.0 Å². The number of benzene rings is 3. The summed E-state index contributed by atoms with van der Waals surface area (Å²) in [5, 5.41) is 4.36. The van der Waals surface area contributed by atoms with E-state index >= 15 is 0 Å². The van der Waals surface area contributed by atoms with Gasteiger partial charge in [-0.3, -0.25) is 4.99 Å². The van der Waals surface area contributed by atoms with Gasteiger partial charge in [0.05, 0.1) is 23.9 Å². The number of anilines is 1. The predicted octanol–water partition coefficient (Wildman–Crippen LogP) is 6.93. The molecule has 0 amide bonds. The van der Waals surface area contributed by atoms with Crippen molar-refractivity contribution >= 4 is 29.2 Å². The minimum Gasteiger partial charge on any atom is -0.495 e. The summed E-state index contributed by atoms with van der Waals surface area (Å²) in [5.74, 6) is 1.71. The lowest BCUT2D eigenvalue weighted by Gasteiger charge is -2.37. The van der Waals surface area contributed by atoms with Gasteiger partial charge in [0, 0.05) is 17.8 Å². The largest absolute Gasteiger partial charge is 0.495 e. The fraction of sp³-hybridized carbons (Fsp3) is 0.192. The molecule has 30 heavy (non-hydrogen) atoms. The normalized spacial score (nSPS) is 21.9. The number of aliphatic imine (C=N–C) groups is 1. The maximum atomic E-state index is 6.20. The van der Waals surface area contributed by atoms with E-state index in [1.807, 2.05) is 24.4 Å². The minimum atomic E-state index is 0.304. The summed E-state index contributed by atoms with van der Waals surface area (Å²) in [4.78, 5) is 4.60. The first kappa shape index (κ1) is 19.0. The first-order valence-electron chi connectivity index (χ1n) is 10.2. The van der Waals surface area contributed by atoms with Crippen LogP contribution in [0.15, 0.2) is 83.9 Å². The van der Waals surface area contributed by atoms with Gasteiger partial charge in [-0.2, -0.15) is 0 Å². The third kappa shape index (κ3) is 3.50. The van der Waals surface area contributed by atoms with Crippen molar-refractivity contribution in [2.45, 2.75) is 18.4 Å². The van der Waals surface area contributed by atoms with E-state index in [-0.39, 0.29) is 0 Å². The number of nitrogens with zero attached hydrogens (tertiary/aromatic N) is 1. The van der Waals surface area contributed by atoms with Crippen molar-refractivity contribution in [1.82, 2.24) is 0 Å². The average Bonchev–Trinajstić information content (AvgIpc) is 3.28. The zero-order valence-corrected chi connectivity index (χ0v) is 17.5. The van der Waals surface area contributed by atoms with Crippen LogP contribution in [0, 0.1) is 5.92 Å². The van der Waals surface area contributed by atoms with Gasteiger partial charge in [-0.15, -0.1) is 0 Å². The van der Waals surface area contributed by atoms with Crippen molar-refractivity contribution in [3.8, 4) is 5.75 Å². The third-order valence-electron chi connectivity index (χ3n) is 6.06. The van der Waals surface area contributed by atoms with Gasteiger partial charge in [0.25, 0.3) is 0 Å². The van der Waals surface area contributed by atoms with Crippen molar-refractivity contribution in [1.29, 1.82) is 0 Å². The van der Waals surface area contributed by atoms with Gasteiger partial charge >= 0.3 is 0 Å². The van der Waals surface area contributed by atoms with Crippen LogP contribution in [0.5, 0.6) is 5.75 Å². The number of allylic oxidation sites excluding steroid dienone is 2. The van der Waals surface area contributed by atoms with Crippen LogP contribution in [0.1, 0.15) is 35.1 Å². The van der Waals surface area contributed by atoms with Crippen molar-refractivity contribution in [2.24, 2.45) is 10.9 Å². The summed E-state index contributed by atoms with van der Waals surface area (Å²) >= 11 is 6.20. The summed E-state index contributed by atoms with van der Waals surface area (Å²) < 4.78 is 5.20. The van der Waals surface area contributed by atoms with Crippen LogP contribution in [0.25, 0.3) is 0 Å². The van der Waals surface area contributed by atoms with Crippen LogP contribution >= 0.6 is 11.6 Å². The second-order valence-electron chi connectivity index (χ2n) is 7.81. The Balaban J connectivity index is 1.36. The number of ether oxygens (including phenoxy) is 1. The molecule has 0 spiro atoms. The molecule has 0 saturated heterocycles. The Morgan fingerprint density at radius 2 is 1.90 bits per heavy atom. The Kier molecular flexibility index (Phi) is 5.06. The first-order valence-corrected chi connectivity index (χ1v) is 10.6. The van der Waals surface area contributed by atoms with Crippen LogP contribution in [0.3, 0.4) is 0 Å². The molecule has 0 unspecified atom stereocenters. The van der Waals surface area contributed by atoms with E-state index in [0.717, 1.165) is 17.7 Å². The SMILES string of the molecule is COc1ccc(C=Nc2ccc([C@@H]3Nc4ccccc4[C@H]4C=CC[C@@H]43)cc2)cc1Cl. The molecule has 1 N–H and O–H groups in total. The maximum absolute atomic E-state index is 6.20. The lowest BCUT2D eigenvalue weighted by atomic mass is 9.77. The summed E-state index contributed by atoms with van der Waals surface area (Å²) in [5.41, 5.74) is 5.81. The number of hydrogen-bond acceptors (Lipinski definition) is 3. The number of fused-ring (bicyclic) bond motifs is 3. The van der Waals surface area contributed by atoms with Gasteiger partial charge in [-0.1, -0.05) is 54.1 Å². The molecule has 2 aliphatic rings. The monoisotopic (exact) mass is 414 g/mol. The van der Waals surface area contributed by atoms with E-state index in [1.165, 1.54) is 16.8 Å². The number of para-hydroxylation sites is 1. The molecule has 1 heterocycles. The number of hydrogen-bond donors (Lipinski definition) is 1. The van der Waals surface area contributed by atoms with Gasteiger partial charge in [-0.05, 0) is 65.4 Å². The van der Waals surface area contributed by atoms with Crippen molar-refractivity contribution in [3.63, 3.8) is 0 Å². The summed E-state index contributed by atoms with van der Waals surface area (Å²) in [7, 11) is 1.61. The van der Waals surface area contributed by atoms with Crippen LogP contribution in [-0.4, -0.2) is 13.3 Å². The first-order chi connectivity index (χ1) is 14.7. The summed E-state index contributed by atoms with van der Waals surface area (Å²) in [6, 6.07) is 23.2. The molecular formula is C26H23ClN2O. The molecule has 3 aromatic rings. The predicted molar refractivity (Wildman–Crippen MR) is 124 cm³/mol. The fourth-order valence-corrected chi connectivity index (χ4v) is 4.82. The van der Waals surface area contributed by atoms with Crippen LogP contribution in [0.4, 0.5) is 11.4 Å². The highest BCUT2D eigenvalue weighted by Gasteiger charge is 2.37. The molecule has 1 aliphatic carbocycles. The van der Waals surface area contributed by atoms with E-state index in [9.17, 15) is 0 Å². The average molecular weight is 415 g/mol. The number of methoxy groups -OCH3 is 1. The highest BCUT2D eigenvalue weighted by Crippen LogP contribution is 2.49. The Labute approximate surface area is 182 Å². The molecule has 3 aromatic carbocycles. The number of halogens is 1. The van der Waals surface area contributed by atoms with Crippen molar-refractivity contribution in [3.05, 3.63) is 101 Å². The zero-order valence-electron chi connectivity index (χ0n) is 16.8. The van der Waals surface area contributed by atoms with Gasteiger partial charge in [-0.25, -0.2) is 0 Å². The maximum Gasteiger partial charge on any atom is 0.137 e. The fourth-order valence-electron chi connectivity index (χ4n) is 4.55. The molecule has 0 fully saturated rings. The molecule has 1 aliphatic heterocycles. The highest BCUT2D eigenvalue weighted by atomic mass is 35.5. The van der Waals surface area contributed by atoms with E-state index < -0.39 is 0 Å². The summed E-state index contributed by atoms with van der Waals surface area (Å²) in [6.45, 7) is 0. The van der Waals surface area contributed by atoms with Crippen LogP contribution in [-0.2, 0) is 0 Å². The van der Waals surface area contributed by atoms with Crippen LogP contribution < -0.4 is 10.1 Å². The number of rotatable bonds is 4. The topological polar surface area (TPSA) is 33.6 Å². The Bertz CT molecular complexity index is 1120. The smallest absolute Gasteiger partial charge is 0.137 e. The molecule has 0 bridgehead atoms. The molecule has 150 valence electrons. The second kappa shape index (κ2) is 8.00. The molecule has 0 aromatic heterocycles. The Morgan fingerprint density at radius 3 is 2.70 bits per heavy atom. The third-order valence-corrected chi connectivity index (χ3v) is 6.36. The number of nitrogens with one attached hydrogen (secondary N) is 1. The van der Waals surface area contributed by atoms with Crippen molar-refractivity contribution in [2.75, 3.05) is 12.4 Å². The quantitative estimate of drug-likeness (QED) is 0.371. The van der Waals surface area contributed by atoms with Gasteiger partial charge in [0.1, 0.15) is 5.75 Å². The van der Waals surface area contributed by atoms with E-state index in [1.54, 1.807) is 7.11 Å². The molecule has 0 radical (unpaired) electrons. The molecule has 4 heteroatoms. The highest BCUT2D eigenvalue weighted by molar-refractivity contribution is 6.32. The van der Waals surface area contributed by atoms with Crippen LogP contribution in [0.2, 0.25) is 5.02 Å². The van der Waals surface area contributed by atoms with Gasteiger partial charge < -0.3 is 10.1 Å². The molecular weight excluding hydrogens is 392 g/mol. The van der Waals surface area contributed by atoms with E-state index in [0.29, 0.717) is 28.6 Å². The standard InChI is InChI=1S/C26H23ClN2O/c1-30-25-14-9-17(15-23(25)27)16-28-19-12-10-18(11-13-19)26-22-7-4-6-20(22)21-5-2-3-8-24(21)29-26/h2-6,8-16,20,22,26,29H,7H2,1H3/t20-,22+,26+/m1/s1. The van der Waals surface area contributed by atoms with Gasteiger partial charge in [0.15, 0.2) is 0 Å². The Hall–Kier alpha value is -3.04. The summed E-state index contributed by atoms with van der Waals surface area (Å²) in [6.07, 6.45) is 7.63. The molecule has 3 nitrogen and oxygen atoms in total. The second-order valence-corrected chi connectivity index (χ2v) is 8.21. The molecule has 3 atom stereocenters. The molecule has 0 saturated carbocycles.